The van der Waals surface area contributed by atoms with Gasteiger partial charge in [-0.05, 0) is 43.1 Å². The van der Waals surface area contributed by atoms with Crippen molar-refractivity contribution in [2.45, 2.75) is 40.0 Å². The van der Waals surface area contributed by atoms with E-state index in [2.05, 4.69) is 26.0 Å². The quantitative estimate of drug-likeness (QED) is 0.881. The van der Waals surface area contributed by atoms with Gasteiger partial charge in [0.2, 0.25) is 0 Å². The van der Waals surface area contributed by atoms with Crippen molar-refractivity contribution in [1.82, 2.24) is 0 Å². The molecule has 0 heterocycles. The Morgan fingerprint density at radius 2 is 1.89 bits per heavy atom. The molecule has 1 aliphatic carbocycles. The highest BCUT2D eigenvalue weighted by atomic mass is 16.4. The third-order valence-electron chi connectivity index (χ3n) is 5.23. The van der Waals surface area contributed by atoms with Crippen molar-refractivity contribution in [1.29, 1.82) is 0 Å². The fourth-order valence-electron chi connectivity index (χ4n) is 3.23. The fourth-order valence-corrected chi connectivity index (χ4v) is 3.23. The van der Waals surface area contributed by atoms with Crippen LogP contribution in [0.1, 0.15) is 39.2 Å². The van der Waals surface area contributed by atoms with Crippen LogP contribution < -0.4 is 0 Å². The third-order valence-corrected chi connectivity index (χ3v) is 5.23. The van der Waals surface area contributed by atoms with Gasteiger partial charge in [0.15, 0.2) is 0 Å². The van der Waals surface area contributed by atoms with E-state index in [1.165, 1.54) is 5.56 Å². The molecule has 0 bridgehead atoms. The van der Waals surface area contributed by atoms with Crippen LogP contribution in [0.3, 0.4) is 0 Å². The van der Waals surface area contributed by atoms with Crippen molar-refractivity contribution in [3.63, 3.8) is 0 Å². The van der Waals surface area contributed by atoms with Crippen molar-refractivity contribution >= 4 is 5.97 Å². The Morgan fingerprint density at radius 3 is 2.39 bits per heavy atom. The van der Waals surface area contributed by atoms with E-state index in [0.717, 1.165) is 19.3 Å². The summed E-state index contributed by atoms with van der Waals surface area (Å²) in [5, 5.41) is 9.49. The molecule has 0 amide bonds. The molecule has 2 atom stereocenters. The lowest BCUT2D eigenvalue weighted by Gasteiger charge is -2.38. The highest BCUT2D eigenvalue weighted by Crippen LogP contribution is 2.56. The summed E-state index contributed by atoms with van der Waals surface area (Å²) in [6.45, 7) is 6.13. The van der Waals surface area contributed by atoms with E-state index in [1.54, 1.807) is 0 Å². The van der Waals surface area contributed by atoms with Crippen molar-refractivity contribution in [2.75, 3.05) is 0 Å². The second kappa shape index (κ2) is 4.42. The molecular weight excluding hydrogens is 224 g/mol. The lowest BCUT2D eigenvalue weighted by Crippen LogP contribution is -2.41. The van der Waals surface area contributed by atoms with E-state index >= 15 is 0 Å². The van der Waals surface area contributed by atoms with Crippen LogP contribution in [0.4, 0.5) is 0 Å². The molecule has 0 spiro atoms. The Balaban J connectivity index is 2.20. The van der Waals surface area contributed by atoms with Gasteiger partial charge in [-0.25, -0.2) is 0 Å². The lowest BCUT2D eigenvalue weighted by atomic mass is 9.65. The first kappa shape index (κ1) is 13.1. The summed E-state index contributed by atoms with van der Waals surface area (Å²) >= 11 is 0. The Labute approximate surface area is 109 Å². The van der Waals surface area contributed by atoms with E-state index in [9.17, 15) is 9.90 Å². The predicted octanol–water partition coefficient (Wildman–Crippen LogP) is 3.76. The Hall–Kier alpha value is -1.31. The molecule has 2 nitrogen and oxygen atoms in total. The number of aliphatic carboxylic acids is 1. The van der Waals surface area contributed by atoms with Crippen molar-refractivity contribution in [3.8, 4) is 0 Å². The zero-order valence-corrected chi connectivity index (χ0v) is 11.4. The van der Waals surface area contributed by atoms with E-state index < -0.39 is 11.4 Å². The van der Waals surface area contributed by atoms with Crippen LogP contribution >= 0.6 is 0 Å². The van der Waals surface area contributed by atoms with Gasteiger partial charge in [-0.2, -0.15) is 0 Å². The Kier molecular flexibility index (Phi) is 3.22. The van der Waals surface area contributed by atoms with E-state index in [1.807, 2.05) is 25.1 Å². The first-order chi connectivity index (χ1) is 8.38. The van der Waals surface area contributed by atoms with Crippen LogP contribution in [0.25, 0.3) is 0 Å². The molecule has 1 N–H and O–H groups in total. The van der Waals surface area contributed by atoms with Gasteiger partial charge in [-0.3, -0.25) is 4.79 Å². The summed E-state index contributed by atoms with van der Waals surface area (Å²) in [4.78, 5) is 11.5. The van der Waals surface area contributed by atoms with Crippen LogP contribution in [0.5, 0.6) is 0 Å². The van der Waals surface area contributed by atoms with Gasteiger partial charge in [0.1, 0.15) is 0 Å². The van der Waals surface area contributed by atoms with E-state index in [-0.39, 0.29) is 5.41 Å². The second-order valence-corrected chi connectivity index (χ2v) is 6.28. The topological polar surface area (TPSA) is 37.3 Å². The molecule has 1 aromatic carbocycles. The van der Waals surface area contributed by atoms with Gasteiger partial charge in [-0.15, -0.1) is 0 Å². The molecule has 98 valence electrons. The van der Waals surface area contributed by atoms with Gasteiger partial charge in [0.05, 0.1) is 5.41 Å². The summed E-state index contributed by atoms with van der Waals surface area (Å²) in [6.07, 6.45) is 2.77. The highest BCUT2D eigenvalue weighted by Gasteiger charge is 2.55. The molecule has 0 saturated heterocycles. The first-order valence-electron chi connectivity index (χ1n) is 6.65. The summed E-state index contributed by atoms with van der Waals surface area (Å²) in [5.41, 5.74) is 0.561. The van der Waals surface area contributed by atoms with Gasteiger partial charge >= 0.3 is 5.97 Å². The Morgan fingerprint density at radius 1 is 1.28 bits per heavy atom. The molecular formula is C16H22O2. The molecule has 1 fully saturated rings. The van der Waals surface area contributed by atoms with Crippen molar-refractivity contribution < 1.29 is 9.90 Å². The summed E-state index contributed by atoms with van der Waals surface area (Å²) in [7, 11) is 0. The van der Waals surface area contributed by atoms with Gasteiger partial charge < -0.3 is 5.11 Å². The largest absolute Gasteiger partial charge is 0.481 e. The number of hydrogen-bond acceptors (Lipinski definition) is 1. The maximum absolute atomic E-state index is 11.5. The molecule has 0 radical (unpaired) electrons. The lowest BCUT2D eigenvalue weighted by molar-refractivity contribution is -0.154. The molecule has 0 aromatic heterocycles. The number of carboxylic acid groups (broad SMARTS) is 1. The average Bonchev–Trinajstić information content (AvgIpc) is 2.55. The van der Waals surface area contributed by atoms with Crippen molar-refractivity contribution in [2.24, 2.45) is 16.7 Å². The Bertz CT molecular complexity index is 436. The maximum atomic E-state index is 11.5. The molecule has 0 aliphatic heterocycles. The van der Waals surface area contributed by atoms with Crippen LogP contribution in [0.15, 0.2) is 30.3 Å². The predicted molar refractivity (Wildman–Crippen MR) is 72.4 cm³/mol. The van der Waals surface area contributed by atoms with Crippen LogP contribution in [-0.2, 0) is 11.2 Å². The number of hydrogen-bond donors (Lipinski definition) is 1. The molecule has 2 rings (SSSR count). The summed E-state index contributed by atoms with van der Waals surface area (Å²) < 4.78 is 0. The molecule has 2 heteroatoms. The standard InChI is InChI=1S/C16H22O2/c1-15(2)13(9-10-16(15,3)14(17)18)11-12-7-5-4-6-8-12/h4-8,13H,9-11H2,1-3H3,(H,17,18). The van der Waals surface area contributed by atoms with E-state index in [0.29, 0.717) is 5.92 Å². The number of rotatable bonds is 3. The normalized spacial score (nSPS) is 30.3. The molecule has 1 aliphatic rings. The minimum absolute atomic E-state index is 0.158. The molecule has 1 saturated carbocycles. The average molecular weight is 246 g/mol. The molecule has 2 unspecified atom stereocenters. The zero-order valence-electron chi connectivity index (χ0n) is 11.4. The fraction of sp³-hybridized carbons (Fsp3) is 0.562. The number of benzene rings is 1. The minimum atomic E-state index is -0.650. The molecule has 1 aromatic rings. The summed E-state index contributed by atoms with van der Waals surface area (Å²) in [6, 6.07) is 10.4. The smallest absolute Gasteiger partial charge is 0.309 e. The second-order valence-electron chi connectivity index (χ2n) is 6.28. The van der Waals surface area contributed by atoms with E-state index in [4.69, 9.17) is 0 Å². The monoisotopic (exact) mass is 246 g/mol. The number of carboxylic acids is 1. The number of carbonyl (C=O) groups is 1. The van der Waals surface area contributed by atoms with Gasteiger partial charge in [0.25, 0.3) is 0 Å². The first-order valence-corrected chi connectivity index (χ1v) is 6.65. The zero-order chi connectivity index (χ0) is 13.4. The maximum Gasteiger partial charge on any atom is 0.309 e. The van der Waals surface area contributed by atoms with Gasteiger partial charge in [0, 0.05) is 0 Å². The van der Waals surface area contributed by atoms with Crippen LogP contribution in [0.2, 0.25) is 0 Å². The summed E-state index contributed by atoms with van der Waals surface area (Å²) in [5.74, 6) is -0.205. The van der Waals surface area contributed by atoms with Crippen LogP contribution in [0, 0.1) is 16.7 Å². The minimum Gasteiger partial charge on any atom is -0.481 e. The SMILES string of the molecule is CC1(C(=O)O)CCC(Cc2ccccc2)C1(C)C. The molecule has 18 heavy (non-hydrogen) atoms. The highest BCUT2D eigenvalue weighted by molar-refractivity contribution is 5.75. The van der Waals surface area contributed by atoms with Crippen molar-refractivity contribution in [3.05, 3.63) is 35.9 Å². The van der Waals surface area contributed by atoms with Crippen LogP contribution in [-0.4, -0.2) is 11.1 Å². The third kappa shape index (κ3) is 1.94. The van der Waals surface area contributed by atoms with Gasteiger partial charge in [-0.1, -0.05) is 44.2 Å².